The van der Waals surface area contributed by atoms with E-state index in [1.54, 1.807) is 6.07 Å². The van der Waals surface area contributed by atoms with E-state index < -0.39 is 0 Å². The number of rotatable bonds is 2. The molecule has 1 fully saturated rings. The molecule has 1 aromatic carbocycles. The zero-order valence-electron chi connectivity index (χ0n) is 10.3. The predicted octanol–water partition coefficient (Wildman–Crippen LogP) is 1.86. The lowest BCUT2D eigenvalue weighted by atomic mass is 10.00. The van der Waals surface area contributed by atoms with Crippen molar-refractivity contribution in [2.24, 2.45) is 10.9 Å². The van der Waals surface area contributed by atoms with E-state index in [4.69, 9.17) is 4.74 Å². The second kappa shape index (κ2) is 4.98. The van der Waals surface area contributed by atoms with Crippen molar-refractivity contribution in [1.82, 2.24) is 5.32 Å². The number of ether oxygens (including phenoxy) is 1. The Balaban J connectivity index is 1.68. The van der Waals surface area contributed by atoms with Crippen LogP contribution in [0.3, 0.4) is 0 Å². The first-order chi connectivity index (χ1) is 8.84. The van der Waals surface area contributed by atoms with Crippen molar-refractivity contribution in [2.45, 2.75) is 18.9 Å². The number of hydrogen-bond donors (Lipinski definition) is 2. The van der Waals surface area contributed by atoms with E-state index in [2.05, 4.69) is 10.3 Å². The van der Waals surface area contributed by atoms with Crippen molar-refractivity contribution in [2.75, 3.05) is 19.6 Å². The van der Waals surface area contributed by atoms with Crippen molar-refractivity contribution >= 4 is 5.90 Å². The number of nitrogens with zero attached hydrogens (tertiary/aromatic N) is 1. The summed E-state index contributed by atoms with van der Waals surface area (Å²) in [6.45, 7) is 2.66. The summed E-state index contributed by atoms with van der Waals surface area (Å²) >= 11 is 0. The number of phenols is 1. The first-order valence-corrected chi connectivity index (χ1v) is 6.54. The van der Waals surface area contributed by atoms with Crippen molar-refractivity contribution in [1.29, 1.82) is 0 Å². The Hall–Kier alpha value is -1.55. The van der Waals surface area contributed by atoms with Crippen LogP contribution in [0.1, 0.15) is 24.5 Å². The summed E-state index contributed by atoms with van der Waals surface area (Å²) < 4.78 is 5.92. The van der Waals surface area contributed by atoms with Crippen LogP contribution in [0.2, 0.25) is 0 Å². The lowest BCUT2D eigenvalue weighted by molar-refractivity contribution is 0.204. The van der Waals surface area contributed by atoms with Gasteiger partial charge in [0, 0.05) is 18.0 Å². The number of aliphatic imine (C=N–C) groups is 1. The second-order valence-electron chi connectivity index (χ2n) is 4.89. The average molecular weight is 246 g/mol. The van der Waals surface area contributed by atoms with Crippen molar-refractivity contribution in [3.05, 3.63) is 29.8 Å². The molecule has 1 saturated heterocycles. The number of nitrogens with one attached hydrogen (secondary N) is 1. The number of benzene rings is 1. The summed E-state index contributed by atoms with van der Waals surface area (Å²) in [4.78, 5) is 4.50. The summed E-state index contributed by atoms with van der Waals surface area (Å²) in [6.07, 6.45) is 2.19. The Bertz CT molecular complexity index is 453. The SMILES string of the molecule is Oc1ccccc1C1CN=C(C2CCCNC2)O1. The van der Waals surface area contributed by atoms with Crippen LogP contribution in [-0.4, -0.2) is 30.6 Å². The molecular formula is C14H18N2O2. The minimum absolute atomic E-state index is 0.122. The molecule has 2 aliphatic heterocycles. The van der Waals surface area contributed by atoms with Gasteiger partial charge in [-0.3, -0.25) is 4.99 Å². The van der Waals surface area contributed by atoms with E-state index in [9.17, 15) is 5.11 Å². The molecule has 18 heavy (non-hydrogen) atoms. The van der Waals surface area contributed by atoms with Gasteiger partial charge in [0.1, 0.15) is 11.9 Å². The molecule has 96 valence electrons. The molecule has 2 unspecified atom stereocenters. The first kappa shape index (κ1) is 11.5. The highest BCUT2D eigenvalue weighted by Crippen LogP contribution is 2.32. The monoisotopic (exact) mass is 246 g/mol. The van der Waals surface area contributed by atoms with Gasteiger partial charge in [-0.25, -0.2) is 0 Å². The maximum absolute atomic E-state index is 9.82. The number of aromatic hydroxyl groups is 1. The zero-order chi connectivity index (χ0) is 12.4. The number of para-hydroxylation sites is 1. The van der Waals surface area contributed by atoms with Gasteiger partial charge >= 0.3 is 0 Å². The van der Waals surface area contributed by atoms with Gasteiger partial charge in [0.05, 0.1) is 6.54 Å². The summed E-state index contributed by atoms with van der Waals surface area (Å²) in [6, 6.07) is 7.33. The Morgan fingerprint density at radius 1 is 1.33 bits per heavy atom. The molecular weight excluding hydrogens is 228 g/mol. The average Bonchev–Trinajstić information content (AvgIpc) is 2.90. The molecule has 4 heteroatoms. The van der Waals surface area contributed by atoms with Crippen LogP contribution in [-0.2, 0) is 4.74 Å². The molecule has 0 aliphatic carbocycles. The molecule has 2 heterocycles. The maximum atomic E-state index is 9.82. The van der Waals surface area contributed by atoms with Gasteiger partial charge in [-0.1, -0.05) is 18.2 Å². The van der Waals surface area contributed by atoms with Gasteiger partial charge in [0.2, 0.25) is 0 Å². The maximum Gasteiger partial charge on any atom is 0.188 e. The summed E-state index contributed by atoms with van der Waals surface area (Å²) in [5, 5.41) is 13.2. The van der Waals surface area contributed by atoms with E-state index >= 15 is 0 Å². The minimum Gasteiger partial charge on any atom is -0.508 e. The highest BCUT2D eigenvalue weighted by molar-refractivity contribution is 5.80. The van der Waals surface area contributed by atoms with E-state index in [1.165, 1.54) is 6.42 Å². The fourth-order valence-corrected chi connectivity index (χ4v) is 2.60. The van der Waals surface area contributed by atoms with Gasteiger partial charge in [-0.15, -0.1) is 0 Å². The Kier molecular flexibility index (Phi) is 3.19. The first-order valence-electron chi connectivity index (χ1n) is 6.54. The molecule has 2 N–H and O–H groups in total. The van der Waals surface area contributed by atoms with Crippen LogP contribution >= 0.6 is 0 Å². The van der Waals surface area contributed by atoms with E-state index in [0.29, 0.717) is 18.2 Å². The Morgan fingerprint density at radius 2 is 2.22 bits per heavy atom. The van der Waals surface area contributed by atoms with Crippen LogP contribution in [0.5, 0.6) is 5.75 Å². The van der Waals surface area contributed by atoms with Gasteiger partial charge in [0.15, 0.2) is 5.90 Å². The van der Waals surface area contributed by atoms with Crippen LogP contribution < -0.4 is 5.32 Å². The number of phenolic OH excluding ortho intramolecular Hbond substituents is 1. The number of hydrogen-bond acceptors (Lipinski definition) is 4. The number of piperidine rings is 1. The molecule has 1 aromatic rings. The third kappa shape index (κ3) is 2.20. The van der Waals surface area contributed by atoms with Gasteiger partial charge in [-0.05, 0) is 25.5 Å². The highest BCUT2D eigenvalue weighted by atomic mass is 16.5. The predicted molar refractivity (Wildman–Crippen MR) is 69.8 cm³/mol. The summed E-state index contributed by atoms with van der Waals surface area (Å²) in [7, 11) is 0. The lowest BCUT2D eigenvalue weighted by Crippen LogP contribution is -2.34. The molecule has 0 aromatic heterocycles. The molecule has 2 aliphatic rings. The van der Waals surface area contributed by atoms with Crippen LogP contribution in [0.4, 0.5) is 0 Å². The largest absolute Gasteiger partial charge is 0.508 e. The van der Waals surface area contributed by atoms with Gasteiger partial charge in [-0.2, -0.15) is 0 Å². The fourth-order valence-electron chi connectivity index (χ4n) is 2.60. The molecule has 0 spiro atoms. The highest BCUT2D eigenvalue weighted by Gasteiger charge is 2.29. The Labute approximate surface area is 107 Å². The smallest absolute Gasteiger partial charge is 0.188 e. The van der Waals surface area contributed by atoms with Crippen molar-refractivity contribution < 1.29 is 9.84 Å². The Morgan fingerprint density at radius 3 is 3.00 bits per heavy atom. The standard InChI is InChI=1S/C14H18N2O2/c17-12-6-2-1-5-11(12)13-9-16-14(18-13)10-4-3-7-15-8-10/h1-2,5-6,10,13,15,17H,3-4,7-9H2. The molecule has 0 saturated carbocycles. The lowest BCUT2D eigenvalue weighted by Gasteiger charge is -2.23. The molecule has 3 rings (SSSR count). The molecule has 0 radical (unpaired) electrons. The third-order valence-electron chi connectivity index (χ3n) is 3.61. The van der Waals surface area contributed by atoms with Crippen molar-refractivity contribution in [3.63, 3.8) is 0 Å². The van der Waals surface area contributed by atoms with E-state index in [-0.39, 0.29) is 6.10 Å². The van der Waals surface area contributed by atoms with Gasteiger partial charge < -0.3 is 15.2 Å². The normalized spacial score (nSPS) is 27.7. The fraction of sp³-hybridized carbons (Fsp3) is 0.500. The molecule has 0 bridgehead atoms. The van der Waals surface area contributed by atoms with E-state index in [0.717, 1.165) is 31.0 Å². The van der Waals surface area contributed by atoms with Crippen LogP contribution in [0.25, 0.3) is 0 Å². The topological polar surface area (TPSA) is 53.9 Å². The molecule has 4 nitrogen and oxygen atoms in total. The quantitative estimate of drug-likeness (QED) is 0.837. The summed E-state index contributed by atoms with van der Waals surface area (Å²) in [5.41, 5.74) is 0.833. The third-order valence-corrected chi connectivity index (χ3v) is 3.61. The second-order valence-corrected chi connectivity index (χ2v) is 4.89. The molecule has 0 amide bonds. The van der Waals surface area contributed by atoms with Crippen molar-refractivity contribution in [3.8, 4) is 5.75 Å². The van der Waals surface area contributed by atoms with Crippen LogP contribution in [0, 0.1) is 5.92 Å². The minimum atomic E-state index is -0.122. The molecule has 2 atom stereocenters. The van der Waals surface area contributed by atoms with Crippen LogP contribution in [0.15, 0.2) is 29.3 Å². The van der Waals surface area contributed by atoms with Gasteiger partial charge in [0.25, 0.3) is 0 Å². The zero-order valence-corrected chi connectivity index (χ0v) is 10.3. The summed E-state index contributed by atoms with van der Waals surface area (Å²) in [5.74, 6) is 1.55. The van der Waals surface area contributed by atoms with E-state index in [1.807, 2.05) is 18.2 Å².